The Labute approximate surface area is 178 Å². The molecule has 160 valence electrons. The molecule has 0 bridgehead atoms. The lowest BCUT2D eigenvalue weighted by molar-refractivity contribution is -0.142. The van der Waals surface area contributed by atoms with Gasteiger partial charge in [-0.1, -0.05) is 36.0 Å². The maximum atomic E-state index is 12.7. The van der Waals surface area contributed by atoms with Gasteiger partial charge in [0.05, 0.1) is 26.2 Å². The first kappa shape index (κ1) is 23.1. The molecular weight excluding hydrogens is 410 g/mol. The molecule has 0 fully saturated rings. The highest BCUT2D eigenvalue weighted by Gasteiger charge is 2.26. The number of nitroso groups, excluding NO2 is 1. The van der Waals surface area contributed by atoms with Gasteiger partial charge >= 0.3 is 12.1 Å². The molecular formula is C19H23N5O5S. The van der Waals surface area contributed by atoms with E-state index in [0.717, 1.165) is 5.56 Å². The van der Waals surface area contributed by atoms with Crippen LogP contribution in [-0.2, 0) is 27.2 Å². The van der Waals surface area contributed by atoms with Crippen LogP contribution in [0.4, 0.5) is 22.1 Å². The first-order valence-electron chi connectivity index (χ1n) is 9.16. The van der Waals surface area contributed by atoms with E-state index in [9.17, 15) is 14.5 Å². The van der Waals surface area contributed by atoms with Crippen molar-refractivity contribution in [3.63, 3.8) is 0 Å². The van der Waals surface area contributed by atoms with Gasteiger partial charge in [-0.2, -0.15) is 0 Å². The van der Waals surface area contributed by atoms with Crippen molar-refractivity contribution in [3.05, 3.63) is 40.3 Å². The third-order valence-corrected chi connectivity index (χ3v) is 4.42. The zero-order valence-corrected chi connectivity index (χ0v) is 17.8. The molecule has 0 atom stereocenters. The molecule has 2 rings (SSSR count). The van der Waals surface area contributed by atoms with Gasteiger partial charge < -0.3 is 15.2 Å². The molecule has 0 radical (unpaired) electrons. The van der Waals surface area contributed by atoms with E-state index in [1.807, 2.05) is 0 Å². The van der Waals surface area contributed by atoms with Crippen molar-refractivity contribution in [2.45, 2.75) is 32.0 Å². The van der Waals surface area contributed by atoms with Crippen LogP contribution in [-0.4, -0.2) is 41.5 Å². The number of hydrogen-bond donors (Lipinski definition) is 1. The summed E-state index contributed by atoms with van der Waals surface area (Å²) in [5, 5.41) is 3.19. The summed E-state index contributed by atoms with van der Waals surface area (Å²) in [6, 6.07) is 7.07. The average Bonchev–Trinajstić information content (AvgIpc) is 2.72. The quantitative estimate of drug-likeness (QED) is 0.273. The van der Waals surface area contributed by atoms with Crippen molar-refractivity contribution < 1.29 is 19.1 Å². The number of nitrogen functional groups attached to an aromatic ring is 1. The molecule has 0 unspecified atom stereocenters. The number of anilines is 2. The number of hydrogen-bond acceptors (Lipinski definition) is 10. The summed E-state index contributed by atoms with van der Waals surface area (Å²) in [4.78, 5) is 45.2. The third kappa shape index (κ3) is 5.89. The zero-order valence-electron chi connectivity index (χ0n) is 17.0. The van der Waals surface area contributed by atoms with Gasteiger partial charge in [0.1, 0.15) is 0 Å². The first-order chi connectivity index (χ1) is 14.4. The number of thioether (sulfide) groups is 1. The molecule has 0 aliphatic heterocycles. The Morgan fingerprint density at radius 1 is 1.17 bits per heavy atom. The number of rotatable bonds is 9. The van der Waals surface area contributed by atoms with Gasteiger partial charge in [-0.3, -0.25) is 9.69 Å². The fraction of sp³-hybridized carbons (Fsp3) is 0.368. The second-order valence-electron chi connectivity index (χ2n) is 5.95. The Morgan fingerprint density at radius 3 is 2.50 bits per heavy atom. The normalized spacial score (nSPS) is 10.4. The van der Waals surface area contributed by atoms with Crippen LogP contribution in [0.1, 0.15) is 25.0 Å². The van der Waals surface area contributed by atoms with Gasteiger partial charge in [0.2, 0.25) is 0 Å². The number of amides is 1. The van der Waals surface area contributed by atoms with Crippen molar-refractivity contribution in [1.29, 1.82) is 0 Å². The maximum Gasteiger partial charge on any atom is 0.415 e. The fourth-order valence-corrected chi connectivity index (χ4v) is 3.00. The van der Waals surface area contributed by atoms with Crippen LogP contribution in [0.5, 0.6) is 0 Å². The molecule has 1 aromatic carbocycles. The van der Waals surface area contributed by atoms with E-state index in [1.165, 1.54) is 16.7 Å². The summed E-state index contributed by atoms with van der Waals surface area (Å²) in [6.07, 6.45) is 1.11. The second kappa shape index (κ2) is 11.1. The minimum atomic E-state index is -0.719. The minimum absolute atomic E-state index is 0.0162. The Hall–Kier alpha value is -3.21. The standard InChI is InChI=1S/C19H23N5O5S/c1-4-28-14(25)10-12-7-6-8-13(9-12)11-24(19(26)29-5-2)17-15(23-27)16(20)21-18(22-17)30-3/h6-9H,4-5,10-11H2,1-3H3,(H2,20,21,22). The Morgan fingerprint density at radius 2 is 1.87 bits per heavy atom. The molecule has 11 heteroatoms. The summed E-state index contributed by atoms with van der Waals surface area (Å²) < 4.78 is 10.1. The van der Waals surface area contributed by atoms with Crippen LogP contribution in [0.3, 0.4) is 0 Å². The van der Waals surface area contributed by atoms with E-state index in [0.29, 0.717) is 12.2 Å². The first-order valence-corrected chi connectivity index (χ1v) is 10.4. The summed E-state index contributed by atoms with van der Waals surface area (Å²) in [7, 11) is 0. The van der Waals surface area contributed by atoms with Crippen molar-refractivity contribution in [2.75, 3.05) is 30.1 Å². The van der Waals surface area contributed by atoms with Gasteiger partial charge in [0, 0.05) is 0 Å². The van der Waals surface area contributed by atoms with Gasteiger partial charge in [0.15, 0.2) is 22.5 Å². The Kier molecular flexibility index (Phi) is 8.54. The predicted octanol–water partition coefficient (Wildman–Crippen LogP) is 3.45. The van der Waals surface area contributed by atoms with Crippen LogP contribution < -0.4 is 10.6 Å². The lowest BCUT2D eigenvalue weighted by Gasteiger charge is -2.22. The topological polar surface area (TPSA) is 137 Å². The number of carbonyl (C=O) groups is 2. The van der Waals surface area contributed by atoms with E-state index in [-0.39, 0.29) is 48.0 Å². The highest BCUT2D eigenvalue weighted by molar-refractivity contribution is 7.98. The molecule has 0 spiro atoms. The van der Waals surface area contributed by atoms with Crippen LogP contribution >= 0.6 is 11.8 Å². The van der Waals surface area contributed by atoms with Crippen molar-refractivity contribution in [1.82, 2.24) is 9.97 Å². The van der Waals surface area contributed by atoms with Gasteiger partial charge in [-0.05, 0) is 36.4 Å². The van der Waals surface area contributed by atoms with Crippen LogP contribution in [0, 0.1) is 4.91 Å². The van der Waals surface area contributed by atoms with Crippen LogP contribution in [0.25, 0.3) is 0 Å². The number of nitrogens with zero attached hydrogens (tertiary/aromatic N) is 4. The van der Waals surface area contributed by atoms with E-state index >= 15 is 0 Å². The number of nitrogens with two attached hydrogens (primary N) is 1. The monoisotopic (exact) mass is 433 g/mol. The number of aromatic nitrogens is 2. The Bertz CT molecular complexity index is 924. The van der Waals surface area contributed by atoms with Crippen LogP contribution in [0.15, 0.2) is 34.6 Å². The van der Waals surface area contributed by atoms with Crippen molar-refractivity contribution in [2.24, 2.45) is 5.18 Å². The molecule has 0 aliphatic carbocycles. The van der Waals surface area contributed by atoms with E-state index in [1.54, 1.807) is 44.4 Å². The van der Waals surface area contributed by atoms with Crippen LogP contribution in [0.2, 0.25) is 0 Å². The van der Waals surface area contributed by atoms with Crippen molar-refractivity contribution in [3.8, 4) is 0 Å². The minimum Gasteiger partial charge on any atom is -0.466 e. The number of carbonyl (C=O) groups excluding carboxylic acids is 2. The number of esters is 1. The Balaban J connectivity index is 2.43. The largest absolute Gasteiger partial charge is 0.466 e. The van der Waals surface area contributed by atoms with E-state index < -0.39 is 6.09 Å². The highest BCUT2D eigenvalue weighted by atomic mass is 32.2. The van der Waals surface area contributed by atoms with Gasteiger partial charge in [0.25, 0.3) is 0 Å². The molecule has 2 aromatic rings. The second-order valence-corrected chi connectivity index (χ2v) is 6.72. The lowest BCUT2D eigenvalue weighted by Crippen LogP contribution is -2.32. The molecule has 1 aromatic heterocycles. The maximum absolute atomic E-state index is 12.7. The lowest BCUT2D eigenvalue weighted by atomic mass is 10.1. The third-order valence-electron chi connectivity index (χ3n) is 3.88. The molecule has 0 saturated carbocycles. The molecule has 1 amide bonds. The van der Waals surface area contributed by atoms with E-state index in [4.69, 9.17) is 15.2 Å². The molecule has 2 N–H and O–H groups in total. The predicted molar refractivity (Wildman–Crippen MR) is 114 cm³/mol. The number of ether oxygens (including phenoxy) is 2. The summed E-state index contributed by atoms with van der Waals surface area (Å²) >= 11 is 1.20. The molecule has 30 heavy (non-hydrogen) atoms. The molecule has 0 saturated heterocycles. The summed E-state index contributed by atoms with van der Waals surface area (Å²) in [5.74, 6) is -0.529. The van der Waals surface area contributed by atoms with E-state index in [2.05, 4.69) is 15.1 Å². The number of benzene rings is 1. The van der Waals surface area contributed by atoms with Gasteiger partial charge in [-0.25, -0.2) is 14.8 Å². The molecule has 0 aliphatic rings. The average molecular weight is 433 g/mol. The van der Waals surface area contributed by atoms with Crippen molar-refractivity contribution >= 4 is 41.1 Å². The highest BCUT2D eigenvalue weighted by Crippen LogP contribution is 2.34. The molecule has 10 nitrogen and oxygen atoms in total. The SMILES string of the molecule is CCOC(=O)Cc1cccc(CN(C(=O)OCC)c2nc(SC)nc(N)c2N=O)c1. The summed E-state index contributed by atoms with van der Waals surface area (Å²) in [6.45, 7) is 3.83. The fourth-order valence-electron chi connectivity index (χ4n) is 2.63. The smallest absolute Gasteiger partial charge is 0.415 e. The summed E-state index contributed by atoms with van der Waals surface area (Å²) in [5.41, 5.74) is 6.99. The van der Waals surface area contributed by atoms with Gasteiger partial charge in [-0.15, -0.1) is 4.91 Å². The zero-order chi connectivity index (χ0) is 22.1. The molecule has 1 heterocycles.